The highest BCUT2D eigenvalue weighted by Gasteiger charge is 2.18. The average molecular weight is 375 g/mol. The molecule has 0 unspecified atom stereocenters. The molecule has 0 bridgehead atoms. The van der Waals surface area contributed by atoms with Crippen LogP contribution < -0.4 is 10.1 Å². The largest absolute Gasteiger partial charge is 0.479 e. The van der Waals surface area contributed by atoms with Gasteiger partial charge in [-0.05, 0) is 30.7 Å². The molecule has 0 aromatic heterocycles. The van der Waals surface area contributed by atoms with Gasteiger partial charge in [-0.3, -0.25) is 4.79 Å². The lowest BCUT2D eigenvalue weighted by atomic mass is 10.0. The maximum absolute atomic E-state index is 12.3. The minimum absolute atomic E-state index is 0.384. The van der Waals surface area contributed by atoms with E-state index in [1.54, 1.807) is 19.1 Å². The second-order valence-corrected chi connectivity index (χ2v) is 6.14. The van der Waals surface area contributed by atoms with Crippen LogP contribution in [0.15, 0.2) is 84.9 Å². The van der Waals surface area contributed by atoms with Gasteiger partial charge in [-0.25, -0.2) is 4.79 Å². The molecule has 5 nitrogen and oxygen atoms in total. The molecule has 0 saturated heterocycles. The number of rotatable bonds is 7. The van der Waals surface area contributed by atoms with Crippen molar-refractivity contribution < 1.29 is 19.1 Å². The average Bonchev–Trinajstić information content (AvgIpc) is 2.73. The van der Waals surface area contributed by atoms with Crippen LogP contribution in [0.1, 0.15) is 6.92 Å². The molecule has 0 saturated carbocycles. The molecule has 0 radical (unpaired) electrons. The Morgan fingerprint density at radius 1 is 0.857 bits per heavy atom. The van der Waals surface area contributed by atoms with E-state index in [2.05, 4.69) is 5.32 Å². The predicted molar refractivity (Wildman–Crippen MR) is 108 cm³/mol. The molecule has 0 aliphatic rings. The van der Waals surface area contributed by atoms with Crippen LogP contribution in [-0.4, -0.2) is 24.6 Å². The molecule has 28 heavy (non-hydrogen) atoms. The van der Waals surface area contributed by atoms with Crippen molar-refractivity contribution in [2.45, 2.75) is 13.0 Å². The number of esters is 1. The third-order valence-corrected chi connectivity index (χ3v) is 4.02. The summed E-state index contributed by atoms with van der Waals surface area (Å²) in [7, 11) is 0. The van der Waals surface area contributed by atoms with E-state index in [-0.39, 0.29) is 6.61 Å². The van der Waals surface area contributed by atoms with Gasteiger partial charge in [-0.1, -0.05) is 66.7 Å². The molecule has 3 rings (SSSR count). The molecule has 142 valence electrons. The van der Waals surface area contributed by atoms with Crippen LogP contribution in [0, 0.1) is 0 Å². The molecule has 1 atom stereocenters. The second-order valence-electron chi connectivity index (χ2n) is 6.14. The van der Waals surface area contributed by atoms with Gasteiger partial charge in [0.05, 0.1) is 0 Å². The molecule has 3 aromatic rings. The van der Waals surface area contributed by atoms with Gasteiger partial charge in [0.25, 0.3) is 5.91 Å². The molecular weight excluding hydrogens is 354 g/mol. The predicted octanol–water partition coefficient (Wildman–Crippen LogP) is 4.30. The lowest BCUT2D eigenvalue weighted by Crippen LogP contribution is -2.29. The first kappa shape index (κ1) is 19.2. The summed E-state index contributed by atoms with van der Waals surface area (Å²) in [6, 6.07) is 26.2. The number of carbonyl (C=O) groups is 2. The Hall–Kier alpha value is -3.60. The summed E-state index contributed by atoms with van der Waals surface area (Å²) < 4.78 is 10.6. The van der Waals surface area contributed by atoms with Crippen molar-refractivity contribution in [3.63, 3.8) is 0 Å². The zero-order chi connectivity index (χ0) is 19.8. The molecule has 5 heteroatoms. The Kier molecular flexibility index (Phi) is 6.41. The van der Waals surface area contributed by atoms with Crippen molar-refractivity contribution in [1.82, 2.24) is 0 Å². The van der Waals surface area contributed by atoms with E-state index in [9.17, 15) is 9.59 Å². The van der Waals surface area contributed by atoms with E-state index in [1.807, 2.05) is 72.8 Å². The highest BCUT2D eigenvalue weighted by molar-refractivity contribution is 5.97. The van der Waals surface area contributed by atoms with Gasteiger partial charge in [-0.15, -0.1) is 0 Å². The summed E-state index contributed by atoms with van der Waals surface area (Å²) in [4.78, 5) is 24.3. The molecule has 0 fully saturated rings. The number of amides is 1. The summed E-state index contributed by atoms with van der Waals surface area (Å²) in [5.41, 5.74) is 2.53. The van der Waals surface area contributed by atoms with E-state index in [4.69, 9.17) is 9.47 Å². The molecule has 0 aliphatic carbocycles. The summed E-state index contributed by atoms with van der Waals surface area (Å²) in [5.74, 6) is -0.452. The standard InChI is InChI=1S/C23H21NO4/c1-17(28-19-12-6-3-7-13-19)23(26)27-16-22(25)24-21-15-9-8-14-20(21)18-10-4-2-5-11-18/h2-15,17H,16H2,1H3,(H,24,25)/t17-/m1/s1. The molecule has 1 amide bonds. The summed E-state index contributed by atoms with van der Waals surface area (Å²) in [5, 5.41) is 2.80. The molecule has 1 N–H and O–H groups in total. The maximum atomic E-state index is 12.3. The van der Waals surface area contributed by atoms with E-state index < -0.39 is 18.0 Å². The van der Waals surface area contributed by atoms with Crippen LogP contribution >= 0.6 is 0 Å². The Labute approximate surface area is 163 Å². The fourth-order valence-corrected chi connectivity index (χ4v) is 2.65. The van der Waals surface area contributed by atoms with Crippen molar-refractivity contribution in [3.8, 4) is 16.9 Å². The zero-order valence-electron chi connectivity index (χ0n) is 15.5. The summed E-state index contributed by atoms with van der Waals surface area (Å²) in [6.07, 6.45) is -0.813. The van der Waals surface area contributed by atoms with Crippen molar-refractivity contribution >= 4 is 17.6 Å². The topological polar surface area (TPSA) is 64.6 Å². The Balaban J connectivity index is 1.56. The lowest BCUT2D eigenvalue weighted by Gasteiger charge is -2.14. The van der Waals surface area contributed by atoms with Crippen LogP contribution in [0.25, 0.3) is 11.1 Å². The SMILES string of the molecule is C[C@@H](Oc1ccccc1)C(=O)OCC(=O)Nc1ccccc1-c1ccccc1. The molecule has 0 spiro atoms. The molecule has 0 aliphatic heterocycles. The van der Waals surface area contributed by atoms with Crippen molar-refractivity contribution in [2.75, 3.05) is 11.9 Å². The zero-order valence-corrected chi connectivity index (χ0v) is 15.5. The quantitative estimate of drug-likeness (QED) is 0.625. The first-order valence-electron chi connectivity index (χ1n) is 8.96. The number of benzene rings is 3. The third-order valence-electron chi connectivity index (χ3n) is 4.02. The maximum Gasteiger partial charge on any atom is 0.347 e. The van der Waals surface area contributed by atoms with E-state index in [1.165, 1.54) is 0 Å². The monoisotopic (exact) mass is 375 g/mol. The lowest BCUT2D eigenvalue weighted by molar-refractivity contribution is -0.153. The Morgan fingerprint density at radius 3 is 2.18 bits per heavy atom. The van der Waals surface area contributed by atoms with Crippen molar-refractivity contribution in [3.05, 3.63) is 84.9 Å². The van der Waals surface area contributed by atoms with Crippen molar-refractivity contribution in [2.24, 2.45) is 0 Å². The first-order chi connectivity index (χ1) is 13.6. The van der Waals surface area contributed by atoms with Crippen LogP contribution in [0.3, 0.4) is 0 Å². The number of anilines is 1. The van der Waals surface area contributed by atoms with Gasteiger partial charge in [0.2, 0.25) is 0 Å². The molecule has 0 heterocycles. The van der Waals surface area contributed by atoms with E-state index >= 15 is 0 Å². The number of carbonyl (C=O) groups excluding carboxylic acids is 2. The van der Waals surface area contributed by atoms with Gasteiger partial charge < -0.3 is 14.8 Å². The van der Waals surface area contributed by atoms with E-state index in [0.717, 1.165) is 11.1 Å². The Morgan fingerprint density at radius 2 is 1.46 bits per heavy atom. The number of ether oxygens (including phenoxy) is 2. The smallest absolute Gasteiger partial charge is 0.347 e. The normalized spacial score (nSPS) is 11.3. The minimum atomic E-state index is -0.813. The number of hydrogen-bond acceptors (Lipinski definition) is 4. The highest BCUT2D eigenvalue weighted by atomic mass is 16.6. The fourth-order valence-electron chi connectivity index (χ4n) is 2.65. The van der Waals surface area contributed by atoms with Crippen LogP contribution in [0.5, 0.6) is 5.75 Å². The number of para-hydroxylation sites is 2. The highest BCUT2D eigenvalue weighted by Crippen LogP contribution is 2.27. The van der Waals surface area contributed by atoms with Gasteiger partial charge in [0.1, 0.15) is 5.75 Å². The van der Waals surface area contributed by atoms with Crippen LogP contribution in [0.4, 0.5) is 5.69 Å². The summed E-state index contributed by atoms with van der Waals surface area (Å²) >= 11 is 0. The van der Waals surface area contributed by atoms with E-state index in [0.29, 0.717) is 11.4 Å². The van der Waals surface area contributed by atoms with Gasteiger partial charge in [0, 0.05) is 11.3 Å². The molecular formula is C23H21NO4. The number of hydrogen-bond donors (Lipinski definition) is 1. The molecule has 3 aromatic carbocycles. The van der Waals surface area contributed by atoms with Crippen molar-refractivity contribution in [1.29, 1.82) is 0 Å². The summed E-state index contributed by atoms with van der Waals surface area (Å²) in [6.45, 7) is 1.20. The van der Waals surface area contributed by atoms with Gasteiger partial charge in [0.15, 0.2) is 12.7 Å². The van der Waals surface area contributed by atoms with Crippen LogP contribution in [0.2, 0.25) is 0 Å². The fraction of sp³-hybridized carbons (Fsp3) is 0.130. The first-order valence-corrected chi connectivity index (χ1v) is 8.96. The van der Waals surface area contributed by atoms with Gasteiger partial charge in [-0.2, -0.15) is 0 Å². The van der Waals surface area contributed by atoms with Gasteiger partial charge >= 0.3 is 5.97 Å². The minimum Gasteiger partial charge on any atom is -0.479 e. The number of nitrogens with one attached hydrogen (secondary N) is 1. The van der Waals surface area contributed by atoms with Crippen LogP contribution in [-0.2, 0) is 14.3 Å². The third kappa shape index (κ3) is 5.20. The Bertz CT molecular complexity index is 926. The second kappa shape index (κ2) is 9.37.